The highest BCUT2D eigenvalue weighted by Gasteiger charge is 2.15. The number of halogens is 1. The van der Waals surface area contributed by atoms with Gasteiger partial charge in [-0.2, -0.15) is 0 Å². The van der Waals surface area contributed by atoms with Gasteiger partial charge in [-0.15, -0.1) is 11.3 Å². The zero-order valence-corrected chi connectivity index (χ0v) is 16.4. The Balaban J connectivity index is 1.82. The summed E-state index contributed by atoms with van der Waals surface area (Å²) in [6.07, 6.45) is 3.21. The Morgan fingerprint density at radius 2 is 2.04 bits per heavy atom. The Morgan fingerprint density at radius 3 is 2.67 bits per heavy atom. The van der Waals surface area contributed by atoms with E-state index < -0.39 is 10.8 Å². The van der Waals surface area contributed by atoms with E-state index in [9.17, 15) is 19.7 Å². The Bertz CT molecular complexity index is 1080. The maximum Gasteiger partial charge on any atom is 0.275 e. The lowest BCUT2D eigenvalue weighted by molar-refractivity contribution is -0.384. The molecule has 0 bridgehead atoms. The summed E-state index contributed by atoms with van der Waals surface area (Å²) in [6, 6.07) is 5.91. The molecule has 0 saturated carbocycles. The second-order valence-corrected chi connectivity index (χ2v) is 7.19. The first-order valence-corrected chi connectivity index (χ1v) is 9.47. The van der Waals surface area contributed by atoms with Crippen molar-refractivity contribution in [1.29, 1.82) is 0 Å². The molecule has 1 N–H and O–H groups in total. The van der Waals surface area contributed by atoms with Crippen molar-refractivity contribution in [2.24, 2.45) is 0 Å². The van der Waals surface area contributed by atoms with E-state index in [-0.39, 0.29) is 22.5 Å². The number of anilines is 1. The highest BCUT2D eigenvalue weighted by molar-refractivity contribution is 9.10. The predicted molar refractivity (Wildman–Crippen MR) is 106 cm³/mol. The van der Waals surface area contributed by atoms with Crippen LogP contribution in [0, 0.1) is 10.1 Å². The van der Waals surface area contributed by atoms with E-state index in [1.165, 1.54) is 23.5 Å². The van der Waals surface area contributed by atoms with Crippen LogP contribution in [-0.4, -0.2) is 20.4 Å². The number of aromatic nitrogens is 2. The van der Waals surface area contributed by atoms with Crippen molar-refractivity contribution >= 4 is 44.5 Å². The number of aryl methyl sites for hydroxylation is 1. The minimum atomic E-state index is -0.503. The number of benzene rings is 1. The van der Waals surface area contributed by atoms with Crippen molar-refractivity contribution in [2.45, 2.75) is 13.5 Å². The number of hydrogen-bond donors (Lipinski definition) is 1. The van der Waals surface area contributed by atoms with Gasteiger partial charge in [0, 0.05) is 42.0 Å². The molecule has 1 aromatic carbocycles. The molecule has 0 saturated heterocycles. The van der Waals surface area contributed by atoms with Crippen molar-refractivity contribution in [3.63, 3.8) is 0 Å². The van der Waals surface area contributed by atoms with Crippen LogP contribution in [0.4, 0.5) is 11.4 Å². The summed E-state index contributed by atoms with van der Waals surface area (Å²) in [5.41, 5.74) is 0.645. The second-order valence-electron chi connectivity index (χ2n) is 5.48. The molecule has 2 heterocycles. The van der Waals surface area contributed by atoms with Crippen LogP contribution in [0.3, 0.4) is 0 Å². The molecular formula is C17H13BrN4O4S. The van der Waals surface area contributed by atoms with E-state index in [1.54, 1.807) is 34.5 Å². The van der Waals surface area contributed by atoms with Gasteiger partial charge in [-0.05, 0) is 35.0 Å². The van der Waals surface area contributed by atoms with Crippen LogP contribution in [0.2, 0.25) is 0 Å². The minimum absolute atomic E-state index is 0.0184. The van der Waals surface area contributed by atoms with E-state index in [4.69, 9.17) is 0 Å². The number of nitro benzene ring substituents is 1. The highest BCUT2D eigenvalue weighted by atomic mass is 79.9. The topological polar surface area (TPSA) is 107 Å². The number of nitro groups is 1. The van der Waals surface area contributed by atoms with Crippen molar-refractivity contribution < 1.29 is 9.72 Å². The largest absolute Gasteiger partial charge is 0.351 e. The summed E-state index contributed by atoms with van der Waals surface area (Å²) in [5.74, 6) is -0.503. The van der Waals surface area contributed by atoms with Gasteiger partial charge < -0.3 is 9.88 Å². The van der Waals surface area contributed by atoms with E-state index >= 15 is 0 Å². The van der Waals surface area contributed by atoms with Crippen LogP contribution in [0.1, 0.15) is 17.4 Å². The molecule has 8 nitrogen and oxygen atoms in total. The summed E-state index contributed by atoms with van der Waals surface area (Å²) in [7, 11) is 0. The Hall–Kier alpha value is -2.85. The monoisotopic (exact) mass is 448 g/mol. The predicted octanol–water partition coefficient (Wildman–Crippen LogP) is 3.91. The Morgan fingerprint density at radius 1 is 1.33 bits per heavy atom. The lowest BCUT2D eigenvalue weighted by Crippen LogP contribution is -2.20. The molecule has 1 amide bonds. The average molecular weight is 449 g/mol. The van der Waals surface area contributed by atoms with Gasteiger partial charge in [0.1, 0.15) is 16.4 Å². The number of nitrogens with zero attached hydrogens (tertiary/aromatic N) is 3. The summed E-state index contributed by atoms with van der Waals surface area (Å²) in [6.45, 7) is 2.56. The maximum atomic E-state index is 12.4. The summed E-state index contributed by atoms with van der Waals surface area (Å²) >= 11 is 4.42. The molecule has 0 fully saturated rings. The second kappa shape index (κ2) is 7.80. The molecule has 0 unspecified atom stereocenters. The third-order valence-corrected chi connectivity index (χ3v) is 5.17. The number of thiazole rings is 1. The number of hydrogen-bond acceptors (Lipinski definition) is 6. The van der Waals surface area contributed by atoms with Crippen LogP contribution in [-0.2, 0) is 6.54 Å². The summed E-state index contributed by atoms with van der Waals surface area (Å²) in [4.78, 5) is 39.1. The van der Waals surface area contributed by atoms with Crippen LogP contribution < -0.4 is 10.7 Å². The van der Waals surface area contributed by atoms with E-state index in [0.717, 1.165) is 0 Å². The molecule has 0 atom stereocenters. The van der Waals surface area contributed by atoms with Gasteiger partial charge in [0.05, 0.1) is 9.40 Å². The first-order valence-electron chi connectivity index (χ1n) is 7.80. The fourth-order valence-electron chi connectivity index (χ4n) is 2.29. The van der Waals surface area contributed by atoms with Crippen LogP contribution in [0.5, 0.6) is 0 Å². The van der Waals surface area contributed by atoms with Gasteiger partial charge in [-0.3, -0.25) is 19.7 Å². The van der Waals surface area contributed by atoms with Gasteiger partial charge in [-0.1, -0.05) is 0 Å². The van der Waals surface area contributed by atoms with Crippen molar-refractivity contribution in [1.82, 2.24) is 9.55 Å². The van der Waals surface area contributed by atoms with Crippen molar-refractivity contribution in [3.05, 3.63) is 72.5 Å². The molecule has 27 heavy (non-hydrogen) atoms. The molecule has 0 aliphatic heterocycles. The number of nitrogens with one attached hydrogen (secondary N) is 1. The number of amides is 1. The minimum Gasteiger partial charge on any atom is -0.351 e. The standard InChI is InChI=1S/C17H13BrN4O4S/c1-2-21-7-12(18)15(23)13(8-21)19-16(24)14-9-27-17(20-14)10-3-5-11(6-4-10)22(25)26/h3-9H,2H2,1H3,(H,19,24). The smallest absolute Gasteiger partial charge is 0.275 e. The molecule has 2 aromatic heterocycles. The number of pyridine rings is 1. The molecule has 138 valence electrons. The molecule has 0 spiro atoms. The molecule has 0 aliphatic carbocycles. The third-order valence-electron chi connectivity index (χ3n) is 3.71. The first-order chi connectivity index (χ1) is 12.9. The lowest BCUT2D eigenvalue weighted by Gasteiger charge is -2.08. The van der Waals surface area contributed by atoms with Crippen molar-refractivity contribution in [3.8, 4) is 10.6 Å². The van der Waals surface area contributed by atoms with E-state index in [0.29, 0.717) is 21.6 Å². The molecule has 3 rings (SSSR count). The first kappa shape index (κ1) is 18.9. The molecule has 0 aliphatic rings. The van der Waals surface area contributed by atoms with E-state index in [1.807, 2.05) is 6.92 Å². The van der Waals surface area contributed by atoms with E-state index in [2.05, 4.69) is 26.2 Å². The Labute approximate surface area is 165 Å². The number of non-ortho nitro benzene ring substituents is 1. The summed E-state index contributed by atoms with van der Waals surface area (Å²) in [5, 5.41) is 15.4. The van der Waals surface area contributed by atoms with Crippen LogP contribution in [0.15, 0.2) is 51.3 Å². The normalized spacial score (nSPS) is 10.6. The van der Waals surface area contributed by atoms with Crippen LogP contribution in [0.25, 0.3) is 10.6 Å². The highest BCUT2D eigenvalue weighted by Crippen LogP contribution is 2.26. The zero-order valence-electron chi connectivity index (χ0n) is 14.0. The van der Waals surface area contributed by atoms with Gasteiger partial charge in [0.15, 0.2) is 0 Å². The fraction of sp³-hybridized carbons (Fsp3) is 0.118. The average Bonchev–Trinajstić information content (AvgIpc) is 3.15. The number of rotatable bonds is 5. The van der Waals surface area contributed by atoms with Gasteiger partial charge in [-0.25, -0.2) is 4.98 Å². The van der Waals surface area contributed by atoms with Gasteiger partial charge in [0.2, 0.25) is 5.43 Å². The molecular weight excluding hydrogens is 436 g/mol. The molecule has 0 radical (unpaired) electrons. The third kappa shape index (κ3) is 4.12. The summed E-state index contributed by atoms with van der Waals surface area (Å²) < 4.78 is 2.12. The SMILES string of the molecule is CCn1cc(Br)c(=O)c(NC(=O)c2csc(-c3ccc([N+](=O)[O-])cc3)n2)c1. The Kier molecular flexibility index (Phi) is 5.47. The maximum absolute atomic E-state index is 12.4. The van der Waals surface area contributed by atoms with Gasteiger partial charge >= 0.3 is 0 Å². The zero-order chi connectivity index (χ0) is 19.6. The number of carbonyl (C=O) groups is 1. The lowest BCUT2D eigenvalue weighted by atomic mass is 10.2. The number of carbonyl (C=O) groups excluding carboxylic acids is 1. The molecule has 10 heteroatoms. The van der Waals surface area contributed by atoms with Gasteiger partial charge in [0.25, 0.3) is 11.6 Å². The quantitative estimate of drug-likeness (QED) is 0.470. The fourth-order valence-corrected chi connectivity index (χ4v) is 3.57. The van der Waals surface area contributed by atoms with Crippen molar-refractivity contribution in [2.75, 3.05) is 5.32 Å². The molecule has 3 aromatic rings. The van der Waals surface area contributed by atoms with Crippen LogP contribution >= 0.6 is 27.3 Å².